The zero-order chi connectivity index (χ0) is 10.6. The Morgan fingerprint density at radius 1 is 1.57 bits per heavy atom. The molecule has 0 aromatic carbocycles. The largest absolute Gasteiger partial charge is 0.467 e. The van der Waals surface area contributed by atoms with Gasteiger partial charge in [0, 0.05) is 0 Å². The van der Waals surface area contributed by atoms with Gasteiger partial charge in [-0.25, -0.2) is 4.79 Å². The summed E-state index contributed by atoms with van der Waals surface area (Å²) < 4.78 is 9.40. The molecule has 0 saturated heterocycles. The van der Waals surface area contributed by atoms with Crippen molar-refractivity contribution in [3.05, 3.63) is 24.2 Å². The quantitative estimate of drug-likeness (QED) is 0.792. The van der Waals surface area contributed by atoms with E-state index in [1.807, 2.05) is 0 Å². The van der Waals surface area contributed by atoms with Crippen molar-refractivity contribution in [3.63, 3.8) is 0 Å². The molecule has 1 unspecified atom stereocenters. The van der Waals surface area contributed by atoms with Crippen LogP contribution in [0.3, 0.4) is 0 Å². The molecule has 1 atom stereocenters. The van der Waals surface area contributed by atoms with Gasteiger partial charge in [-0.15, -0.1) is 0 Å². The normalized spacial score (nSPS) is 11.9. The number of ether oxygens (including phenoxy) is 1. The number of hydrogen-bond acceptors (Lipinski definition) is 4. The summed E-state index contributed by atoms with van der Waals surface area (Å²) in [7, 11) is 1.23. The van der Waals surface area contributed by atoms with E-state index in [0.29, 0.717) is 5.76 Å². The predicted molar refractivity (Wildman–Crippen MR) is 47.7 cm³/mol. The van der Waals surface area contributed by atoms with Crippen molar-refractivity contribution in [2.24, 2.45) is 0 Å². The minimum Gasteiger partial charge on any atom is -0.467 e. The van der Waals surface area contributed by atoms with Gasteiger partial charge in [0.2, 0.25) is 0 Å². The van der Waals surface area contributed by atoms with Gasteiger partial charge in [-0.05, 0) is 19.1 Å². The van der Waals surface area contributed by atoms with Gasteiger partial charge in [0.25, 0.3) is 0 Å². The molecule has 76 valence electrons. The van der Waals surface area contributed by atoms with E-state index in [4.69, 9.17) is 4.42 Å². The molecule has 1 rings (SSSR count). The van der Waals surface area contributed by atoms with Crippen LogP contribution in [0.15, 0.2) is 22.8 Å². The maximum Gasteiger partial charge on any atom is 0.407 e. The lowest BCUT2D eigenvalue weighted by Crippen LogP contribution is -2.32. The Hall–Kier alpha value is -1.78. The zero-order valence-electron chi connectivity index (χ0n) is 7.94. The third-order valence-corrected chi connectivity index (χ3v) is 1.68. The minimum absolute atomic E-state index is 0.217. The Bertz CT molecular complexity index is 318. The van der Waals surface area contributed by atoms with Crippen molar-refractivity contribution in [1.82, 2.24) is 5.32 Å². The minimum atomic E-state index is -0.780. The molecule has 14 heavy (non-hydrogen) atoms. The molecule has 1 heterocycles. The van der Waals surface area contributed by atoms with Crippen molar-refractivity contribution in [2.45, 2.75) is 13.0 Å². The standard InChI is InChI=1S/C9H11NO4/c1-6(11)8(10-9(12)13-2)7-4-3-5-14-7/h3-5,8H,1-2H3,(H,10,12). The highest BCUT2D eigenvalue weighted by molar-refractivity contribution is 5.85. The van der Waals surface area contributed by atoms with Gasteiger partial charge in [0.05, 0.1) is 13.4 Å². The predicted octanol–water partition coefficient (Wildman–Crippen LogP) is 1.27. The number of alkyl carbamates (subject to hydrolysis) is 1. The molecule has 1 N–H and O–H groups in total. The van der Waals surface area contributed by atoms with Crippen LogP contribution in [0.4, 0.5) is 4.79 Å². The summed E-state index contributed by atoms with van der Waals surface area (Å²) in [4.78, 5) is 22.1. The summed E-state index contributed by atoms with van der Waals surface area (Å²) in [6.45, 7) is 1.36. The number of nitrogens with one attached hydrogen (secondary N) is 1. The molecule has 0 saturated carbocycles. The van der Waals surface area contributed by atoms with Crippen molar-refractivity contribution in [1.29, 1.82) is 0 Å². The third kappa shape index (κ3) is 2.35. The lowest BCUT2D eigenvalue weighted by Gasteiger charge is -2.11. The summed E-state index contributed by atoms with van der Waals surface area (Å²) in [6.07, 6.45) is 0.770. The molecule has 0 aliphatic heterocycles. The van der Waals surface area contributed by atoms with E-state index in [1.165, 1.54) is 20.3 Å². The van der Waals surface area contributed by atoms with Gasteiger partial charge in [0.1, 0.15) is 11.8 Å². The fraction of sp³-hybridized carbons (Fsp3) is 0.333. The van der Waals surface area contributed by atoms with E-state index >= 15 is 0 Å². The van der Waals surface area contributed by atoms with Crippen molar-refractivity contribution < 1.29 is 18.7 Å². The molecule has 0 bridgehead atoms. The molecule has 0 radical (unpaired) electrons. The van der Waals surface area contributed by atoms with E-state index in [0.717, 1.165) is 0 Å². The number of rotatable bonds is 3. The van der Waals surface area contributed by atoms with Crippen LogP contribution >= 0.6 is 0 Å². The molecule has 1 aromatic heterocycles. The summed E-state index contributed by atoms with van der Waals surface area (Å²) >= 11 is 0. The average molecular weight is 197 g/mol. The number of Topliss-reactive ketones (excluding diaryl/α,β-unsaturated/α-hetero) is 1. The smallest absolute Gasteiger partial charge is 0.407 e. The fourth-order valence-corrected chi connectivity index (χ4v) is 1.01. The van der Waals surface area contributed by atoms with Crippen molar-refractivity contribution >= 4 is 11.9 Å². The SMILES string of the molecule is COC(=O)NC(C(C)=O)c1ccco1. The number of methoxy groups -OCH3 is 1. The molecule has 0 spiro atoms. The monoisotopic (exact) mass is 197 g/mol. The molecule has 1 amide bonds. The fourth-order valence-electron chi connectivity index (χ4n) is 1.01. The van der Waals surface area contributed by atoms with Gasteiger partial charge >= 0.3 is 6.09 Å². The number of furan rings is 1. The number of amides is 1. The van der Waals surface area contributed by atoms with Crippen LogP contribution < -0.4 is 5.32 Å². The second kappa shape index (κ2) is 4.45. The first-order valence-corrected chi connectivity index (χ1v) is 4.03. The highest BCUT2D eigenvalue weighted by Gasteiger charge is 2.21. The number of ketones is 1. The van der Waals surface area contributed by atoms with Gasteiger partial charge in [0.15, 0.2) is 5.78 Å². The highest BCUT2D eigenvalue weighted by Crippen LogP contribution is 2.14. The second-order valence-corrected chi connectivity index (χ2v) is 2.70. The molecule has 0 aliphatic carbocycles. The van der Waals surface area contributed by atoms with Crippen LogP contribution in [0.1, 0.15) is 18.7 Å². The molecular weight excluding hydrogens is 186 g/mol. The summed E-state index contributed by atoms with van der Waals surface area (Å²) in [5, 5.41) is 2.36. The van der Waals surface area contributed by atoms with E-state index in [2.05, 4.69) is 10.1 Å². The first-order chi connectivity index (χ1) is 6.65. The first-order valence-electron chi connectivity index (χ1n) is 4.03. The highest BCUT2D eigenvalue weighted by atomic mass is 16.5. The Labute approximate surface area is 81.0 Å². The molecule has 0 fully saturated rings. The van der Waals surface area contributed by atoms with Crippen LogP contribution in [0, 0.1) is 0 Å². The molecular formula is C9H11NO4. The van der Waals surface area contributed by atoms with Crippen LogP contribution in [0.25, 0.3) is 0 Å². The summed E-state index contributed by atoms with van der Waals surface area (Å²) in [5.74, 6) is 0.174. The van der Waals surface area contributed by atoms with Crippen LogP contribution in [-0.2, 0) is 9.53 Å². The maximum atomic E-state index is 11.2. The maximum absolute atomic E-state index is 11.2. The Kier molecular flexibility index (Phi) is 3.28. The number of carbonyl (C=O) groups is 2. The summed E-state index contributed by atoms with van der Waals surface area (Å²) in [5.41, 5.74) is 0. The molecule has 5 nitrogen and oxygen atoms in total. The third-order valence-electron chi connectivity index (χ3n) is 1.68. The van der Waals surface area contributed by atoms with Gasteiger partial charge in [-0.3, -0.25) is 4.79 Å². The van der Waals surface area contributed by atoms with Gasteiger partial charge in [-0.1, -0.05) is 0 Å². The van der Waals surface area contributed by atoms with Crippen LogP contribution in [0.2, 0.25) is 0 Å². The van der Waals surface area contributed by atoms with E-state index in [9.17, 15) is 9.59 Å². The first kappa shape index (κ1) is 10.3. The topological polar surface area (TPSA) is 68.5 Å². The Morgan fingerprint density at radius 3 is 2.71 bits per heavy atom. The van der Waals surface area contributed by atoms with Crippen LogP contribution in [0.5, 0.6) is 0 Å². The van der Waals surface area contributed by atoms with E-state index in [-0.39, 0.29) is 5.78 Å². The van der Waals surface area contributed by atoms with Gasteiger partial charge in [-0.2, -0.15) is 0 Å². The van der Waals surface area contributed by atoms with Crippen molar-refractivity contribution in [2.75, 3.05) is 7.11 Å². The Balaban J connectivity index is 2.76. The Morgan fingerprint density at radius 2 is 2.29 bits per heavy atom. The van der Waals surface area contributed by atoms with E-state index < -0.39 is 12.1 Å². The molecule has 0 aliphatic rings. The average Bonchev–Trinajstić information content (AvgIpc) is 2.65. The van der Waals surface area contributed by atoms with E-state index in [1.54, 1.807) is 12.1 Å². The van der Waals surface area contributed by atoms with Gasteiger partial charge < -0.3 is 14.5 Å². The lowest BCUT2D eigenvalue weighted by molar-refractivity contribution is -0.119. The molecule has 1 aromatic rings. The summed E-state index contributed by atoms with van der Waals surface area (Å²) in [6, 6.07) is 2.48. The zero-order valence-corrected chi connectivity index (χ0v) is 7.94. The lowest BCUT2D eigenvalue weighted by atomic mass is 10.1. The van der Waals surface area contributed by atoms with Crippen LogP contribution in [-0.4, -0.2) is 19.0 Å². The van der Waals surface area contributed by atoms with Crippen molar-refractivity contribution in [3.8, 4) is 0 Å². The second-order valence-electron chi connectivity index (χ2n) is 2.70. The number of carbonyl (C=O) groups excluding carboxylic acids is 2. The molecule has 5 heteroatoms. The number of hydrogen-bond donors (Lipinski definition) is 1.